The number of carbonyl (C=O) groups excluding carboxylic acids is 5. The number of anilines is 1. The maximum atomic E-state index is 13.9. The normalized spacial score (nSPS) is 13.2. The quantitative estimate of drug-likeness (QED) is 0.165. The molecule has 3 unspecified atom stereocenters. The number of hydrogen-bond acceptors (Lipinski definition) is 6. The fourth-order valence-corrected chi connectivity index (χ4v) is 7.95. The zero-order valence-corrected chi connectivity index (χ0v) is 31.8. The summed E-state index contributed by atoms with van der Waals surface area (Å²) in [5, 5.41) is 8.56. The summed E-state index contributed by atoms with van der Waals surface area (Å²) in [6.45, 7) is 5.70. The Balaban J connectivity index is 3.46. The molecule has 0 aliphatic heterocycles. The van der Waals surface area contributed by atoms with E-state index >= 15 is 0 Å². The molecule has 0 aromatic heterocycles. The number of alkyl halides is 3. The molecule has 0 fully saturated rings. The number of primary amides is 1. The fraction of sp³-hybridized carbons (Fsp3) is 0.500. The van der Waals surface area contributed by atoms with Gasteiger partial charge in [0, 0.05) is 29.7 Å². The Morgan fingerprint density at radius 1 is 0.789 bits per heavy atom. The van der Waals surface area contributed by atoms with Crippen LogP contribution in [0, 0.1) is 10.7 Å². The summed E-state index contributed by atoms with van der Waals surface area (Å²) < 4.78 is 1.39. The van der Waals surface area contributed by atoms with Gasteiger partial charge in [-0.2, -0.15) is 0 Å². The van der Waals surface area contributed by atoms with Gasteiger partial charge < -0.3 is 26.6 Å². The minimum atomic E-state index is -0.712. The van der Waals surface area contributed by atoms with Crippen molar-refractivity contribution in [2.45, 2.75) is 35.3 Å². The molecule has 0 saturated carbocycles. The lowest BCUT2D eigenvalue weighted by Gasteiger charge is -2.26. The molecule has 1 aromatic carbocycles. The Morgan fingerprint density at radius 2 is 1.24 bits per heavy atom. The largest absolute Gasteiger partial charge is 0.376 e. The number of ketones is 1. The number of Topliss-reactive ketones (excluding diaryl/α,β-unsaturated/α-hetero) is 1. The van der Waals surface area contributed by atoms with Crippen LogP contribution < -0.4 is 21.7 Å². The number of nitrogens with two attached hydrogens (primary N) is 1. The van der Waals surface area contributed by atoms with Gasteiger partial charge in [0.05, 0.1) is 45.0 Å². The van der Waals surface area contributed by atoms with E-state index in [-0.39, 0.29) is 66.3 Å². The number of benzene rings is 1. The van der Waals surface area contributed by atoms with E-state index in [1.54, 1.807) is 20.8 Å². The van der Waals surface area contributed by atoms with Crippen LogP contribution in [0.1, 0.15) is 41.5 Å². The molecule has 0 saturated heterocycles. The number of nitrogens with zero attached hydrogens (tertiary/aromatic N) is 1. The Hall–Kier alpha value is 0.200. The maximum Gasteiger partial charge on any atom is 0.256 e. The third kappa shape index (κ3) is 10.6. The van der Waals surface area contributed by atoms with Gasteiger partial charge in [-0.25, -0.2) is 0 Å². The Kier molecular flexibility index (Phi) is 16.4. The lowest BCUT2D eigenvalue weighted by Crippen LogP contribution is -2.44. The number of carbonyl (C=O) groups is 5. The van der Waals surface area contributed by atoms with Crippen LogP contribution >= 0.6 is 116 Å². The van der Waals surface area contributed by atoms with Crippen LogP contribution in [0.3, 0.4) is 0 Å². The minimum Gasteiger partial charge on any atom is -0.376 e. The lowest BCUT2D eigenvalue weighted by molar-refractivity contribution is -0.120. The zero-order valence-electron chi connectivity index (χ0n) is 20.6. The predicted molar refractivity (Wildman–Crippen MR) is 184 cm³/mol. The molecule has 10 nitrogen and oxygen atoms in total. The van der Waals surface area contributed by atoms with Crippen molar-refractivity contribution in [3.8, 4) is 0 Å². The molecule has 5 N–H and O–H groups in total. The van der Waals surface area contributed by atoms with Crippen LogP contribution in [-0.2, 0) is 14.4 Å². The van der Waals surface area contributed by atoms with Crippen molar-refractivity contribution in [1.29, 1.82) is 0 Å². The summed E-state index contributed by atoms with van der Waals surface area (Å²) in [6.07, 6.45) is 0. The fourth-order valence-electron chi connectivity index (χ4n) is 2.92. The highest BCUT2D eigenvalue weighted by Crippen LogP contribution is 2.36. The summed E-state index contributed by atoms with van der Waals surface area (Å²) >= 11 is 15.6. The average Bonchev–Trinajstić information content (AvgIpc) is 2.81. The molecule has 4 amide bonds. The van der Waals surface area contributed by atoms with Crippen molar-refractivity contribution in [1.82, 2.24) is 15.5 Å². The van der Waals surface area contributed by atoms with Crippen molar-refractivity contribution in [3.05, 3.63) is 21.8 Å². The molecule has 0 aliphatic carbocycles. The second kappa shape index (κ2) is 17.2. The molecule has 3 atom stereocenters. The predicted octanol–water partition coefficient (Wildman–Crippen LogP) is 3.61. The van der Waals surface area contributed by atoms with Gasteiger partial charge in [-0.15, -0.1) is 0 Å². The van der Waals surface area contributed by atoms with Crippen LogP contribution in [0.4, 0.5) is 5.69 Å². The molecule has 0 heterocycles. The van der Waals surface area contributed by atoms with Crippen molar-refractivity contribution >= 4 is 151 Å². The van der Waals surface area contributed by atoms with Crippen LogP contribution in [0.5, 0.6) is 0 Å². The average molecular weight is 1060 g/mol. The molecular weight excluding hydrogens is 1030 g/mol. The first kappa shape index (κ1) is 36.2. The molecule has 0 bridgehead atoms. The number of nitrogens with one attached hydrogen (secondary N) is 3. The lowest BCUT2D eigenvalue weighted by atomic mass is 10.1. The van der Waals surface area contributed by atoms with Gasteiger partial charge >= 0.3 is 0 Å². The molecule has 0 spiro atoms. The second-order valence-electron chi connectivity index (χ2n) is 7.97. The molecule has 212 valence electrons. The smallest absolute Gasteiger partial charge is 0.256 e. The van der Waals surface area contributed by atoms with E-state index in [9.17, 15) is 24.0 Å². The van der Waals surface area contributed by atoms with Gasteiger partial charge in [0.15, 0.2) is 5.78 Å². The maximum absolute atomic E-state index is 13.9. The van der Waals surface area contributed by atoms with Gasteiger partial charge in [-0.3, -0.25) is 24.0 Å². The molecule has 38 heavy (non-hydrogen) atoms. The summed E-state index contributed by atoms with van der Waals surface area (Å²) in [6, 6.07) is 0. The van der Waals surface area contributed by atoms with Gasteiger partial charge in [0.2, 0.25) is 11.8 Å². The van der Waals surface area contributed by atoms with E-state index in [1.807, 2.05) is 67.8 Å². The number of amides is 4. The molecule has 16 heteroatoms. The Labute approximate surface area is 287 Å². The SMILES string of the molecule is CC(Br)C(=O)CNc1c(I)c(C(N)=O)c(I)c(C(=O)N(CCNC(=O)C(C)Br)CCNC(=O)C(C)Br)c1I. The first-order chi connectivity index (χ1) is 17.6. The van der Waals surface area contributed by atoms with Crippen LogP contribution in [0.15, 0.2) is 0 Å². The zero-order chi connectivity index (χ0) is 29.3. The minimum absolute atomic E-state index is 0.0257. The standard InChI is InChI=1S/C22H27Br3I3N5O5/c1-9(23)12(34)8-32-18-16(27)13(19(29)35)15(26)14(17(18)28)22(38)33(6-4-30-20(36)10(2)24)7-5-31-21(37)11(3)25/h9-11,32H,4-8H2,1-3H3,(H2,29,35)(H,30,36)(H,31,37). The van der Waals surface area contributed by atoms with E-state index in [1.165, 1.54) is 4.90 Å². The summed E-state index contributed by atoms with van der Waals surface area (Å²) in [5.74, 6) is -1.70. The topological polar surface area (TPSA) is 151 Å². The Bertz CT molecular complexity index is 1060. The van der Waals surface area contributed by atoms with E-state index in [0.29, 0.717) is 16.4 Å². The van der Waals surface area contributed by atoms with Crippen LogP contribution in [-0.4, -0.2) is 81.5 Å². The highest BCUT2D eigenvalue weighted by atomic mass is 127. The van der Waals surface area contributed by atoms with Gasteiger partial charge in [0.25, 0.3) is 11.8 Å². The second-order valence-corrected chi connectivity index (χ2v) is 15.3. The third-order valence-corrected chi connectivity index (χ3v) is 9.61. The molecule has 1 aromatic rings. The van der Waals surface area contributed by atoms with Gasteiger partial charge in [0.1, 0.15) is 0 Å². The first-order valence-electron chi connectivity index (χ1n) is 11.1. The van der Waals surface area contributed by atoms with Crippen LogP contribution in [0.25, 0.3) is 0 Å². The van der Waals surface area contributed by atoms with Crippen molar-refractivity contribution in [2.24, 2.45) is 5.73 Å². The number of hydrogen-bond donors (Lipinski definition) is 4. The summed E-state index contributed by atoms with van der Waals surface area (Å²) in [7, 11) is 0. The monoisotopic (exact) mass is 1060 g/mol. The van der Waals surface area contributed by atoms with E-state index in [0.717, 1.165) is 0 Å². The molecular formula is C22H27Br3I3N5O5. The van der Waals surface area contributed by atoms with Crippen molar-refractivity contribution < 1.29 is 24.0 Å². The number of halogens is 6. The van der Waals surface area contributed by atoms with Crippen molar-refractivity contribution in [2.75, 3.05) is 38.0 Å². The highest BCUT2D eigenvalue weighted by molar-refractivity contribution is 14.1. The molecule has 1 rings (SSSR count). The third-order valence-electron chi connectivity index (χ3n) is 5.03. The highest BCUT2D eigenvalue weighted by Gasteiger charge is 2.30. The van der Waals surface area contributed by atoms with Gasteiger partial charge in [-0.05, 0) is 88.5 Å². The van der Waals surface area contributed by atoms with Crippen LogP contribution in [0.2, 0.25) is 0 Å². The molecule has 0 aliphatic rings. The first-order valence-corrected chi connectivity index (χ1v) is 17.1. The van der Waals surface area contributed by atoms with E-state index in [2.05, 4.69) is 63.7 Å². The van der Waals surface area contributed by atoms with Gasteiger partial charge in [-0.1, -0.05) is 47.8 Å². The van der Waals surface area contributed by atoms with Crippen molar-refractivity contribution in [3.63, 3.8) is 0 Å². The Morgan fingerprint density at radius 3 is 1.63 bits per heavy atom. The summed E-state index contributed by atoms with van der Waals surface area (Å²) in [5.41, 5.74) is 6.54. The van der Waals surface area contributed by atoms with E-state index in [4.69, 9.17) is 5.73 Å². The van der Waals surface area contributed by atoms with E-state index < -0.39 is 21.5 Å². The summed E-state index contributed by atoms with van der Waals surface area (Å²) in [4.78, 5) is 62.9. The number of rotatable bonds is 14. The molecule has 0 radical (unpaired) electrons.